The summed E-state index contributed by atoms with van der Waals surface area (Å²) in [5, 5.41) is 28.2. The number of nitrogens with one attached hydrogen (secondary N) is 2. The summed E-state index contributed by atoms with van der Waals surface area (Å²) in [6, 6.07) is 0. The second-order valence-electron chi connectivity index (χ2n) is 7.74. The summed E-state index contributed by atoms with van der Waals surface area (Å²) < 4.78 is 14.2. The quantitative estimate of drug-likeness (QED) is 0.248. The molecule has 15 heteroatoms. The molecule has 188 valence electrons. The maximum atomic E-state index is 11.6. The van der Waals surface area contributed by atoms with Crippen LogP contribution in [-0.4, -0.2) is 65.4 Å². The Bertz CT molecular complexity index is 1140. The second kappa shape index (κ2) is 11.6. The fourth-order valence-corrected chi connectivity index (χ4v) is 4.52. The first-order valence-electron chi connectivity index (χ1n) is 10.4. The van der Waals surface area contributed by atoms with Gasteiger partial charge in [0.2, 0.25) is 0 Å². The number of hydrogen-bond donors (Lipinski definition) is 5. The number of H-pyrrole nitrogens is 2. The van der Waals surface area contributed by atoms with E-state index in [1.54, 1.807) is 22.6 Å². The van der Waals surface area contributed by atoms with E-state index in [0.717, 1.165) is 0 Å². The zero-order valence-electron chi connectivity index (χ0n) is 17.9. The van der Waals surface area contributed by atoms with Crippen molar-refractivity contribution in [3.63, 3.8) is 0 Å². The number of aliphatic hydroxyl groups excluding tert-OH is 3. The summed E-state index contributed by atoms with van der Waals surface area (Å²) in [7, 11) is 0. The minimum atomic E-state index is -0.818. The zero-order chi connectivity index (χ0) is 25.2. The van der Waals surface area contributed by atoms with Gasteiger partial charge in [0, 0.05) is 25.2 Å². The van der Waals surface area contributed by atoms with Crippen LogP contribution in [0, 0.1) is 7.14 Å². The number of aliphatic hydroxyl groups is 3. The molecule has 2 aromatic rings. The fraction of sp³-hybridized carbons (Fsp3) is 0.579. The molecular formula is C19H24I2N4O9. The van der Waals surface area contributed by atoms with Crippen LogP contribution in [-0.2, 0) is 9.47 Å². The van der Waals surface area contributed by atoms with E-state index in [9.17, 15) is 29.4 Å². The van der Waals surface area contributed by atoms with Crippen molar-refractivity contribution in [2.75, 3.05) is 6.61 Å². The average Bonchev–Trinajstić information content (AvgIpc) is 3.35. The normalized spacial score (nSPS) is 28.5. The SMILES string of the molecule is CC[C@H]1O[C@@H](n2cc(I)c(=O)[nH]c2=O)CC1O.O=c1[nH]c(=O)n([C@H]2CC(O)[C@@H](CO)O2)cc1I. The Morgan fingerprint density at radius 2 is 1.29 bits per heavy atom. The third-order valence-corrected chi connectivity index (χ3v) is 7.00. The highest BCUT2D eigenvalue weighted by molar-refractivity contribution is 14.1. The van der Waals surface area contributed by atoms with E-state index in [1.165, 1.54) is 21.5 Å². The monoisotopic (exact) mass is 706 g/mol. The molecule has 0 aliphatic carbocycles. The Kier molecular flexibility index (Phi) is 9.26. The zero-order valence-corrected chi connectivity index (χ0v) is 22.2. The first-order valence-corrected chi connectivity index (χ1v) is 12.5. The van der Waals surface area contributed by atoms with Gasteiger partial charge in [0.1, 0.15) is 18.6 Å². The summed E-state index contributed by atoms with van der Waals surface area (Å²) >= 11 is 3.65. The Hall–Kier alpha value is -1.38. The van der Waals surface area contributed by atoms with Crippen LogP contribution in [0.2, 0.25) is 0 Å². The largest absolute Gasteiger partial charge is 0.394 e. The van der Waals surface area contributed by atoms with Crippen LogP contribution in [0.3, 0.4) is 0 Å². The lowest BCUT2D eigenvalue weighted by Crippen LogP contribution is -2.33. The van der Waals surface area contributed by atoms with Gasteiger partial charge in [-0.05, 0) is 51.6 Å². The minimum Gasteiger partial charge on any atom is -0.394 e. The molecule has 0 radical (unpaired) electrons. The van der Waals surface area contributed by atoms with Crippen LogP contribution in [0.25, 0.3) is 0 Å². The van der Waals surface area contributed by atoms with Crippen LogP contribution in [0.1, 0.15) is 38.6 Å². The summed E-state index contributed by atoms with van der Waals surface area (Å²) in [6.45, 7) is 1.60. The third-order valence-electron chi connectivity index (χ3n) is 5.46. The molecule has 2 aliphatic rings. The molecule has 0 bridgehead atoms. The topological polar surface area (TPSA) is 189 Å². The number of hydrogen-bond acceptors (Lipinski definition) is 9. The van der Waals surface area contributed by atoms with E-state index in [2.05, 4.69) is 9.97 Å². The van der Waals surface area contributed by atoms with Crippen molar-refractivity contribution in [2.24, 2.45) is 0 Å². The molecule has 0 saturated carbocycles. The first-order chi connectivity index (χ1) is 16.0. The molecule has 2 aliphatic heterocycles. The van der Waals surface area contributed by atoms with Crippen molar-refractivity contribution in [3.8, 4) is 0 Å². The molecule has 2 saturated heterocycles. The van der Waals surface area contributed by atoms with Crippen LogP contribution in [0.4, 0.5) is 0 Å². The van der Waals surface area contributed by atoms with Crippen LogP contribution >= 0.6 is 45.2 Å². The molecule has 4 heterocycles. The summed E-state index contributed by atoms with van der Waals surface area (Å²) in [6.07, 6.45) is 0.570. The minimum absolute atomic E-state index is 0.202. The van der Waals surface area contributed by atoms with Gasteiger partial charge in [0.05, 0.1) is 32.1 Å². The molecule has 0 amide bonds. The number of aromatic nitrogens is 4. The van der Waals surface area contributed by atoms with E-state index in [4.69, 9.17) is 14.6 Å². The Morgan fingerprint density at radius 1 is 0.882 bits per heavy atom. The number of nitrogens with zero attached hydrogens (tertiary/aromatic N) is 2. The lowest BCUT2D eigenvalue weighted by Gasteiger charge is -2.14. The van der Waals surface area contributed by atoms with Gasteiger partial charge < -0.3 is 24.8 Å². The van der Waals surface area contributed by atoms with Gasteiger partial charge >= 0.3 is 11.4 Å². The van der Waals surface area contributed by atoms with Gasteiger partial charge in [-0.3, -0.25) is 28.7 Å². The molecule has 34 heavy (non-hydrogen) atoms. The molecule has 0 spiro atoms. The summed E-state index contributed by atoms with van der Waals surface area (Å²) in [5.74, 6) is 0. The molecule has 13 nitrogen and oxygen atoms in total. The Balaban J connectivity index is 0.000000191. The number of ether oxygens (including phenoxy) is 2. The summed E-state index contributed by atoms with van der Waals surface area (Å²) in [4.78, 5) is 50.0. The van der Waals surface area contributed by atoms with Crippen LogP contribution in [0.15, 0.2) is 31.6 Å². The van der Waals surface area contributed by atoms with E-state index in [1.807, 2.05) is 29.5 Å². The van der Waals surface area contributed by atoms with Crippen molar-refractivity contribution in [2.45, 2.75) is 63.1 Å². The average molecular weight is 706 g/mol. The molecule has 5 N–H and O–H groups in total. The molecule has 2 aromatic heterocycles. The molecule has 2 unspecified atom stereocenters. The standard InChI is InChI=1S/C10H13IN2O4.C9H11IN2O5/c1-2-7-6(14)3-8(17-7)13-4-5(11)9(15)12-10(13)16;10-4-2-12(9(16)11-8(4)15)7-1-5(14)6(3-13)17-7/h4,6-8,14H,2-3H2,1H3,(H,12,15,16);2,5-7,13-14H,1,3H2,(H,11,15,16)/t6?,7-,8-;5?,6-,7-/m11/s1. The van der Waals surface area contributed by atoms with Gasteiger partial charge in [-0.2, -0.15) is 0 Å². The highest BCUT2D eigenvalue weighted by Gasteiger charge is 2.35. The first kappa shape index (κ1) is 27.2. The Morgan fingerprint density at radius 3 is 1.65 bits per heavy atom. The third kappa shape index (κ3) is 6.05. The highest BCUT2D eigenvalue weighted by atomic mass is 127. The van der Waals surface area contributed by atoms with E-state index in [0.29, 0.717) is 20.0 Å². The van der Waals surface area contributed by atoms with E-state index in [-0.39, 0.29) is 19.1 Å². The smallest absolute Gasteiger partial charge is 0.330 e. The van der Waals surface area contributed by atoms with Gasteiger partial charge in [0.15, 0.2) is 0 Å². The van der Waals surface area contributed by atoms with Crippen molar-refractivity contribution in [3.05, 3.63) is 61.2 Å². The maximum absolute atomic E-state index is 11.6. The summed E-state index contributed by atoms with van der Waals surface area (Å²) in [5.41, 5.74) is -1.96. The Labute approximate surface area is 219 Å². The van der Waals surface area contributed by atoms with Gasteiger partial charge in [-0.25, -0.2) is 9.59 Å². The predicted molar refractivity (Wildman–Crippen MR) is 135 cm³/mol. The maximum Gasteiger partial charge on any atom is 0.330 e. The molecule has 0 aromatic carbocycles. The molecular weight excluding hydrogens is 682 g/mol. The fourth-order valence-electron chi connectivity index (χ4n) is 3.65. The van der Waals surface area contributed by atoms with Gasteiger partial charge in [0.25, 0.3) is 11.1 Å². The lowest BCUT2D eigenvalue weighted by molar-refractivity contribution is -0.0459. The highest BCUT2D eigenvalue weighted by Crippen LogP contribution is 2.29. The van der Waals surface area contributed by atoms with Gasteiger partial charge in [-0.15, -0.1) is 0 Å². The van der Waals surface area contributed by atoms with Crippen molar-refractivity contribution >= 4 is 45.2 Å². The van der Waals surface area contributed by atoms with Crippen molar-refractivity contribution in [1.82, 2.24) is 19.1 Å². The lowest BCUT2D eigenvalue weighted by atomic mass is 10.1. The predicted octanol–water partition coefficient (Wildman–Crippen LogP) is -1.02. The van der Waals surface area contributed by atoms with Crippen LogP contribution < -0.4 is 22.5 Å². The van der Waals surface area contributed by atoms with Gasteiger partial charge in [-0.1, -0.05) is 6.92 Å². The molecule has 4 rings (SSSR count). The number of aromatic amines is 2. The number of rotatable bonds is 4. The van der Waals surface area contributed by atoms with Crippen molar-refractivity contribution < 1.29 is 24.8 Å². The second-order valence-corrected chi connectivity index (χ2v) is 10.1. The molecule has 2 fully saturated rings. The molecule has 6 atom stereocenters. The van der Waals surface area contributed by atoms with E-state index < -0.39 is 53.3 Å². The van der Waals surface area contributed by atoms with Crippen molar-refractivity contribution in [1.29, 1.82) is 0 Å². The van der Waals surface area contributed by atoms with E-state index >= 15 is 0 Å². The number of halogens is 2. The van der Waals surface area contributed by atoms with Crippen LogP contribution in [0.5, 0.6) is 0 Å².